The van der Waals surface area contributed by atoms with Crippen molar-refractivity contribution < 1.29 is 4.79 Å². The van der Waals surface area contributed by atoms with Crippen molar-refractivity contribution in [1.29, 1.82) is 0 Å². The lowest BCUT2D eigenvalue weighted by Crippen LogP contribution is -2.17. The van der Waals surface area contributed by atoms with Crippen molar-refractivity contribution >= 4 is 23.5 Å². The molecule has 1 aliphatic carbocycles. The fourth-order valence-electron chi connectivity index (χ4n) is 3.48. The van der Waals surface area contributed by atoms with Crippen molar-refractivity contribution in [3.63, 3.8) is 0 Å². The first-order valence-corrected chi connectivity index (χ1v) is 11.8. The number of benzene rings is 2. The van der Waals surface area contributed by atoms with Gasteiger partial charge in [0, 0.05) is 17.5 Å². The number of carbonyl (C=O) groups is 1. The molecule has 4 aromatic rings. The van der Waals surface area contributed by atoms with E-state index in [9.17, 15) is 4.79 Å². The fraction of sp³-hybridized carbons (Fsp3) is 0.250. The Kier molecular flexibility index (Phi) is 5.77. The minimum absolute atomic E-state index is 0.118. The number of amides is 1. The summed E-state index contributed by atoms with van der Waals surface area (Å²) in [5.74, 6) is 1.99. The molecule has 2 aromatic carbocycles. The molecular formula is C24H24N6OS. The maximum absolute atomic E-state index is 12.7. The van der Waals surface area contributed by atoms with Crippen molar-refractivity contribution in [1.82, 2.24) is 25.0 Å². The highest BCUT2D eigenvalue weighted by Crippen LogP contribution is 2.40. The molecule has 2 heterocycles. The molecule has 32 heavy (non-hydrogen) atoms. The van der Waals surface area contributed by atoms with Crippen LogP contribution in [-0.4, -0.2) is 36.6 Å². The summed E-state index contributed by atoms with van der Waals surface area (Å²) in [6.07, 6.45) is 3.31. The van der Waals surface area contributed by atoms with Crippen molar-refractivity contribution in [3.8, 4) is 17.1 Å². The molecule has 0 atom stereocenters. The number of H-pyrrole nitrogens is 1. The first-order valence-electron chi connectivity index (χ1n) is 10.8. The summed E-state index contributed by atoms with van der Waals surface area (Å²) in [6.45, 7) is 2.13. The van der Waals surface area contributed by atoms with E-state index in [-0.39, 0.29) is 11.7 Å². The number of aryl methyl sites for hydroxylation is 1. The zero-order valence-electron chi connectivity index (χ0n) is 17.8. The maximum atomic E-state index is 12.7. The lowest BCUT2D eigenvalue weighted by atomic mass is 10.1. The van der Waals surface area contributed by atoms with E-state index in [1.54, 1.807) is 4.68 Å². The van der Waals surface area contributed by atoms with Crippen molar-refractivity contribution in [2.45, 2.75) is 37.3 Å². The number of carbonyl (C=O) groups excluding carboxylic acids is 1. The second kappa shape index (κ2) is 9.00. The van der Waals surface area contributed by atoms with E-state index in [1.165, 1.54) is 17.3 Å². The molecule has 0 unspecified atom stereocenters. The van der Waals surface area contributed by atoms with Gasteiger partial charge in [-0.2, -0.15) is 5.10 Å². The highest BCUT2D eigenvalue weighted by atomic mass is 32.2. The highest BCUT2D eigenvalue weighted by molar-refractivity contribution is 7.99. The molecule has 2 N–H and O–H groups in total. The Bertz CT molecular complexity index is 1210. The van der Waals surface area contributed by atoms with Crippen LogP contribution in [0.4, 0.5) is 5.82 Å². The van der Waals surface area contributed by atoms with Gasteiger partial charge in [0.1, 0.15) is 5.82 Å². The third-order valence-corrected chi connectivity index (χ3v) is 6.27. The normalized spacial score (nSPS) is 13.3. The summed E-state index contributed by atoms with van der Waals surface area (Å²) < 4.78 is 1.81. The van der Waals surface area contributed by atoms with Gasteiger partial charge < -0.3 is 5.32 Å². The maximum Gasteiger partial charge on any atom is 0.236 e. The molecule has 0 aliphatic heterocycles. The number of para-hydroxylation sites is 1. The van der Waals surface area contributed by atoms with Crippen LogP contribution < -0.4 is 5.32 Å². The Labute approximate surface area is 190 Å². The smallest absolute Gasteiger partial charge is 0.236 e. The predicted octanol–water partition coefficient (Wildman–Crippen LogP) is 4.83. The Hall–Kier alpha value is -3.39. The van der Waals surface area contributed by atoms with Gasteiger partial charge in [0.05, 0.1) is 17.1 Å². The molecule has 7 nitrogen and oxygen atoms in total. The zero-order chi connectivity index (χ0) is 21.9. The summed E-state index contributed by atoms with van der Waals surface area (Å²) in [7, 11) is 0. The average molecular weight is 445 g/mol. The van der Waals surface area contributed by atoms with Gasteiger partial charge in [-0.1, -0.05) is 61.2 Å². The first-order chi connectivity index (χ1) is 15.7. The molecule has 1 fully saturated rings. The molecule has 0 radical (unpaired) electrons. The van der Waals surface area contributed by atoms with E-state index in [1.807, 2.05) is 48.5 Å². The third kappa shape index (κ3) is 4.60. The van der Waals surface area contributed by atoms with Crippen molar-refractivity contribution in [3.05, 3.63) is 71.9 Å². The number of aromatic nitrogens is 5. The molecule has 162 valence electrons. The second-order valence-corrected chi connectivity index (χ2v) is 8.77. The molecule has 5 rings (SSSR count). The minimum atomic E-state index is -0.118. The van der Waals surface area contributed by atoms with Gasteiger partial charge >= 0.3 is 0 Å². The molecule has 1 amide bonds. The first kappa shape index (κ1) is 20.5. The molecule has 2 aromatic heterocycles. The van der Waals surface area contributed by atoms with Crippen molar-refractivity contribution in [2.75, 3.05) is 11.1 Å². The van der Waals surface area contributed by atoms with Crippen LogP contribution in [0.15, 0.2) is 65.8 Å². The monoisotopic (exact) mass is 444 g/mol. The van der Waals surface area contributed by atoms with Crippen LogP contribution >= 0.6 is 11.8 Å². The quantitative estimate of drug-likeness (QED) is 0.380. The number of aromatic amines is 1. The van der Waals surface area contributed by atoms with Gasteiger partial charge in [0.25, 0.3) is 0 Å². The fourth-order valence-corrected chi connectivity index (χ4v) is 4.08. The lowest BCUT2D eigenvalue weighted by Gasteiger charge is -2.08. The minimum Gasteiger partial charge on any atom is -0.310 e. The summed E-state index contributed by atoms with van der Waals surface area (Å²) in [6, 6.07) is 20.1. The molecular weight excluding hydrogens is 420 g/mol. The van der Waals surface area contributed by atoms with Gasteiger partial charge in [-0.3, -0.25) is 9.89 Å². The van der Waals surface area contributed by atoms with E-state index in [0.29, 0.717) is 22.7 Å². The summed E-state index contributed by atoms with van der Waals surface area (Å²) in [5.41, 5.74) is 4.21. The Morgan fingerprint density at radius 3 is 2.66 bits per heavy atom. The van der Waals surface area contributed by atoms with Crippen LogP contribution in [0.1, 0.15) is 36.9 Å². The number of anilines is 1. The van der Waals surface area contributed by atoms with E-state index in [4.69, 9.17) is 5.10 Å². The molecule has 0 spiro atoms. The second-order valence-electron chi connectivity index (χ2n) is 7.83. The predicted molar refractivity (Wildman–Crippen MR) is 126 cm³/mol. The number of nitrogens with one attached hydrogen (secondary N) is 2. The van der Waals surface area contributed by atoms with Gasteiger partial charge in [0.2, 0.25) is 11.1 Å². The SMILES string of the molecule is CCc1ccc(-c2nc(SCC(=O)Nc3cc(C4CC4)nn3-c3ccccc3)n[nH]2)cc1. The van der Waals surface area contributed by atoms with E-state index < -0.39 is 0 Å². The molecule has 1 aliphatic rings. The summed E-state index contributed by atoms with van der Waals surface area (Å²) in [4.78, 5) is 17.2. The standard InChI is InChI=1S/C24H24N6OS/c1-2-16-8-10-18(11-9-16)23-26-24(28-27-23)32-15-22(31)25-21-14-20(17-12-13-17)29-30(21)19-6-4-3-5-7-19/h3-11,14,17H,2,12-13,15H2,1H3,(H,25,31)(H,26,27,28). The van der Waals surface area contributed by atoms with Crippen molar-refractivity contribution in [2.24, 2.45) is 0 Å². The molecule has 8 heteroatoms. The number of thioether (sulfide) groups is 1. The van der Waals surface area contributed by atoms with Crippen LogP contribution in [0, 0.1) is 0 Å². The zero-order valence-corrected chi connectivity index (χ0v) is 18.6. The summed E-state index contributed by atoms with van der Waals surface area (Å²) in [5, 5.41) is 15.5. The third-order valence-electron chi connectivity index (χ3n) is 5.43. The van der Waals surface area contributed by atoms with E-state index in [2.05, 4.69) is 39.6 Å². The van der Waals surface area contributed by atoms with Gasteiger partial charge in [-0.25, -0.2) is 9.67 Å². The Balaban J connectivity index is 1.24. The van der Waals surface area contributed by atoms with E-state index in [0.717, 1.165) is 36.2 Å². The number of hydrogen-bond donors (Lipinski definition) is 2. The average Bonchev–Trinajstić information content (AvgIpc) is 3.43. The van der Waals surface area contributed by atoms with Gasteiger partial charge in [-0.15, -0.1) is 5.10 Å². The number of nitrogens with zero attached hydrogens (tertiary/aromatic N) is 4. The number of hydrogen-bond acceptors (Lipinski definition) is 5. The van der Waals surface area contributed by atoms with Crippen LogP contribution in [0.5, 0.6) is 0 Å². The molecule has 0 bridgehead atoms. The lowest BCUT2D eigenvalue weighted by molar-refractivity contribution is -0.113. The Morgan fingerprint density at radius 2 is 1.94 bits per heavy atom. The summed E-state index contributed by atoms with van der Waals surface area (Å²) >= 11 is 1.30. The largest absolute Gasteiger partial charge is 0.310 e. The topological polar surface area (TPSA) is 88.5 Å². The molecule has 0 saturated heterocycles. The van der Waals surface area contributed by atoms with Crippen LogP contribution in [0.25, 0.3) is 17.1 Å². The highest BCUT2D eigenvalue weighted by Gasteiger charge is 2.28. The Morgan fingerprint density at radius 1 is 1.16 bits per heavy atom. The van der Waals surface area contributed by atoms with E-state index >= 15 is 0 Å². The van der Waals surface area contributed by atoms with Gasteiger partial charge in [0.15, 0.2) is 5.82 Å². The van der Waals surface area contributed by atoms with Crippen LogP contribution in [0.2, 0.25) is 0 Å². The van der Waals surface area contributed by atoms with Crippen LogP contribution in [-0.2, 0) is 11.2 Å². The number of rotatable bonds is 8. The van der Waals surface area contributed by atoms with Gasteiger partial charge in [-0.05, 0) is 37.0 Å². The molecule has 1 saturated carbocycles. The van der Waals surface area contributed by atoms with Crippen LogP contribution in [0.3, 0.4) is 0 Å².